The molecule has 7 heteroatoms. The highest BCUT2D eigenvalue weighted by Gasteiger charge is 2.35. The fraction of sp³-hybridized carbons (Fsp3) is 0.818. The average Bonchev–Trinajstić information content (AvgIpc) is 2.77. The van der Waals surface area contributed by atoms with E-state index in [2.05, 4.69) is 22.4 Å². The molecule has 1 atom stereocenters. The van der Waals surface area contributed by atoms with Crippen LogP contribution >= 0.6 is 0 Å². The Kier molecular flexibility index (Phi) is 3.46. The third-order valence-corrected chi connectivity index (χ3v) is 5.17. The Hall–Kier alpha value is -0.950. The molecule has 0 spiro atoms. The highest BCUT2D eigenvalue weighted by atomic mass is 32.2. The highest BCUT2D eigenvalue weighted by Crippen LogP contribution is 2.32. The van der Waals surface area contributed by atoms with Crippen LogP contribution in [0.2, 0.25) is 0 Å². The van der Waals surface area contributed by atoms with Crippen molar-refractivity contribution in [1.82, 2.24) is 15.5 Å². The second kappa shape index (κ2) is 4.62. The van der Waals surface area contributed by atoms with Gasteiger partial charge in [-0.3, -0.25) is 0 Å². The van der Waals surface area contributed by atoms with Crippen LogP contribution in [0, 0.1) is 0 Å². The summed E-state index contributed by atoms with van der Waals surface area (Å²) in [4.78, 5) is 4.29. The predicted molar refractivity (Wildman–Crippen MR) is 67.0 cm³/mol. The van der Waals surface area contributed by atoms with Crippen molar-refractivity contribution in [2.45, 2.75) is 37.4 Å². The van der Waals surface area contributed by atoms with Gasteiger partial charge in [0.2, 0.25) is 5.89 Å². The number of nitrogens with zero attached hydrogens (tertiary/aromatic N) is 2. The average molecular weight is 273 g/mol. The summed E-state index contributed by atoms with van der Waals surface area (Å²) in [7, 11) is -3.19. The normalized spacial score (nSPS) is 21.7. The van der Waals surface area contributed by atoms with Gasteiger partial charge in [0.15, 0.2) is 15.7 Å². The third-order valence-electron chi connectivity index (χ3n) is 3.67. The second-order valence-corrected chi connectivity index (χ2v) is 7.61. The van der Waals surface area contributed by atoms with Crippen molar-refractivity contribution in [3.63, 3.8) is 0 Å². The van der Waals surface area contributed by atoms with Crippen molar-refractivity contribution in [3.05, 3.63) is 11.7 Å². The quantitative estimate of drug-likeness (QED) is 0.877. The zero-order chi connectivity index (χ0) is 13.4. The molecule has 1 N–H and O–H groups in total. The topological polar surface area (TPSA) is 85.1 Å². The number of rotatable bonds is 3. The number of sulfone groups is 1. The van der Waals surface area contributed by atoms with Crippen LogP contribution in [0.4, 0.5) is 0 Å². The van der Waals surface area contributed by atoms with Crippen LogP contribution in [0.15, 0.2) is 4.52 Å². The lowest BCUT2D eigenvalue weighted by Crippen LogP contribution is -2.37. The van der Waals surface area contributed by atoms with Gasteiger partial charge in [0.25, 0.3) is 0 Å². The van der Waals surface area contributed by atoms with Gasteiger partial charge in [-0.1, -0.05) is 12.1 Å². The van der Waals surface area contributed by atoms with E-state index in [0.717, 1.165) is 25.9 Å². The van der Waals surface area contributed by atoms with E-state index in [1.807, 2.05) is 0 Å². The maximum Gasteiger partial charge on any atom is 0.232 e. The van der Waals surface area contributed by atoms with Crippen LogP contribution in [-0.2, 0) is 15.3 Å². The smallest absolute Gasteiger partial charge is 0.232 e. The number of piperidine rings is 1. The number of hydrogen-bond donors (Lipinski definition) is 1. The molecule has 1 aromatic heterocycles. The fourth-order valence-corrected chi connectivity index (χ4v) is 2.51. The van der Waals surface area contributed by atoms with Crippen molar-refractivity contribution in [2.24, 2.45) is 0 Å². The minimum atomic E-state index is -3.19. The van der Waals surface area contributed by atoms with Crippen LogP contribution in [-0.4, -0.2) is 37.9 Å². The first kappa shape index (κ1) is 13.5. The predicted octanol–water partition coefficient (Wildman–Crippen LogP) is 0.816. The molecule has 1 aliphatic rings. The molecule has 102 valence electrons. The first-order valence-electron chi connectivity index (χ1n) is 6.07. The first-order valence-corrected chi connectivity index (χ1v) is 8.02. The van der Waals surface area contributed by atoms with Gasteiger partial charge in [-0.15, -0.1) is 0 Å². The summed E-state index contributed by atoms with van der Waals surface area (Å²) in [6, 6.07) is 0. The SMILES string of the molecule is CC(c1noc(C2(C)CCNCC2)n1)S(C)(=O)=O. The minimum Gasteiger partial charge on any atom is -0.339 e. The summed E-state index contributed by atoms with van der Waals surface area (Å²) >= 11 is 0. The molecule has 0 saturated carbocycles. The summed E-state index contributed by atoms with van der Waals surface area (Å²) in [6.45, 7) is 5.48. The molecular formula is C11H19N3O3S. The maximum atomic E-state index is 11.5. The van der Waals surface area contributed by atoms with Gasteiger partial charge in [-0.05, 0) is 32.9 Å². The van der Waals surface area contributed by atoms with Crippen molar-refractivity contribution in [3.8, 4) is 0 Å². The van der Waals surface area contributed by atoms with Gasteiger partial charge in [0, 0.05) is 11.7 Å². The summed E-state index contributed by atoms with van der Waals surface area (Å²) in [5.41, 5.74) is -0.145. The van der Waals surface area contributed by atoms with Crippen molar-refractivity contribution < 1.29 is 12.9 Å². The van der Waals surface area contributed by atoms with E-state index in [4.69, 9.17) is 4.52 Å². The Morgan fingerprint density at radius 2 is 2.00 bits per heavy atom. The molecule has 18 heavy (non-hydrogen) atoms. The number of hydrogen-bond acceptors (Lipinski definition) is 6. The zero-order valence-corrected chi connectivity index (χ0v) is 11.7. The number of nitrogens with one attached hydrogen (secondary N) is 1. The Labute approximate surface area is 107 Å². The molecule has 6 nitrogen and oxygen atoms in total. The Bertz CT molecular complexity index is 517. The van der Waals surface area contributed by atoms with Gasteiger partial charge < -0.3 is 9.84 Å². The van der Waals surface area contributed by atoms with E-state index < -0.39 is 15.1 Å². The molecule has 1 saturated heterocycles. The van der Waals surface area contributed by atoms with E-state index in [0.29, 0.717) is 5.89 Å². The van der Waals surface area contributed by atoms with Gasteiger partial charge >= 0.3 is 0 Å². The summed E-state index contributed by atoms with van der Waals surface area (Å²) in [6.07, 6.45) is 3.02. The van der Waals surface area contributed by atoms with E-state index >= 15 is 0 Å². The monoisotopic (exact) mass is 273 g/mol. The van der Waals surface area contributed by atoms with E-state index in [-0.39, 0.29) is 11.2 Å². The van der Waals surface area contributed by atoms with Crippen LogP contribution < -0.4 is 5.32 Å². The molecule has 0 aliphatic carbocycles. The molecule has 0 bridgehead atoms. The molecule has 1 aliphatic heterocycles. The van der Waals surface area contributed by atoms with Crippen molar-refractivity contribution >= 4 is 9.84 Å². The highest BCUT2D eigenvalue weighted by molar-refractivity contribution is 7.90. The Morgan fingerprint density at radius 3 is 2.56 bits per heavy atom. The van der Waals surface area contributed by atoms with Crippen LogP contribution in [0.25, 0.3) is 0 Å². The fourth-order valence-electron chi connectivity index (χ4n) is 2.03. The molecule has 1 fully saturated rings. The molecule has 2 heterocycles. The minimum absolute atomic E-state index is 0.145. The van der Waals surface area contributed by atoms with E-state index in [9.17, 15) is 8.42 Å². The van der Waals surface area contributed by atoms with Crippen LogP contribution in [0.5, 0.6) is 0 Å². The Balaban J connectivity index is 2.25. The zero-order valence-electron chi connectivity index (χ0n) is 10.9. The molecule has 0 amide bonds. The summed E-state index contributed by atoms with van der Waals surface area (Å²) in [5.74, 6) is 0.807. The van der Waals surface area contributed by atoms with E-state index in [1.165, 1.54) is 6.26 Å². The van der Waals surface area contributed by atoms with Gasteiger partial charge in [-0.2, -0.15) is 4.98 Å². The summed E-state index contributed by atoms with van der Waals surface area (Å²) < 4.78 is 28.2. The van der Waals surface area contributed by atoms with Crippen LogP contribution in [0.3, 0.4) is 0 Å². The third kappa shape index (κ3) is 2.56. The molecular weight excluding hydrogens is 254 g/mol. The second-order valence-electron chi connectivity index (χ2n) is 5.24. The van der Waals surface area contributed by atoms with Crippen molar-refractivity contribution in [2.75, 3.05) is 19.3 Å². The lowest BCUT2D eigenvalue weighted by Gasteiger charge is -2.30. The Morgan fingerprint density at radius 1 is 1.39 bits per heavy atom. The molecule has 2 rings (SSSR count). The molecule has 1 aromatic rings. The first-order chi connectivity index (χ1) is 8.33. The molecule has 1 unspecified atom stereocenters. The lowest BCUT2D eigenvalue weighted by atomic mass is 9.81. The lowest BCUT2D eigenvalue weighted by molar-refractivity contribution is 0.240. The maximum absolute atomic E-state index is 11.5. The van der Waals surface area contributed by atoms with Crippen molar-refractivity contribution in [1.29, 1.82) is 0 Å². The summed E-state index contributed by atoms with van der Waals surface area (Å²) in [5, 5.41) is 6.37. The molecule has 0 aromatic carbocycles. The van der Waals surface area contributed by atoms with Gasteiger partial charge in [-0.25, -0.2) is 8.42 Å². The van der Waals surface area contributed by atoms with Gasteiger partial charge in [0.1, 0.15) is 5.25 Å². The van der Waals surface area contributed by atoms with Gasteiger partial charge in [0.05, 0.1) is 0 Å². The van der Waals surface area contributed by atoms with Crippen LogP contribution in [0.1, 0.15) is 43.7 Å². The standard InChI is InChI=1S/C11H19N3O3S/c1-8(18(3,15)16)9-13-10(17-14-9)11(2)4-6-12-7-5-11/h8,12H,4-7H2,1-3H3. The largest absolute Gasteiger partial charge is 0.339 e. The molecule has 0 radical (unpaired) electrons. The number of aromatic nitrogens is 2. The van der Waals surface area contributed by atoms with E-state index in [1.54, 1.807) is 6.92 Å².